The average molecular weight is 281 g/mol. The third-order valence-electron chi connectivity index (χ3n) is 3.18. The third kappa shape index (κ3) is 2.84. The van der Waals surface area contributed by atoms with E-state index in [1.807, 2.05) is 36.5 Å². The minimum absolute atomic E-state index is 0.182. The van der Waals surface area contributed by atoms with Crippen molar-refractivity contribution in [3.63, 3.8) is 0 Å². The molecule has 0 saturated heterocycles. The zero-order valence-electron chi connectivity index (χ0n) is 11.6. The first kappa shape index (κ1) is 13.1. The molecule has 0 aliphatic heterocycles. The summed E-state index contributed by atoms with van der Waals surface area (Å²) in [6.07, 6.45) is 6.97. The number of benzene rings is 1. The van der Waals surface area contributed by atoms with Gasteiger partial charge in [-0.1, -0.05) is 12.1 Å². The molecule has 0 fully saturated rings. The molecule has 106 valence electrons. The van der Waals surface area contributed by atoms with Crippen LogP contribution in [0.5, 0.6) is 0 Å². The van der Waals surface area contributed by atoms with Crippen LogP contribution in [0.3, 0.4) is 0 Å². The molecule has 21 heavy (non-hydrogen) atoms. The lowest BCUT2D eigenvalue weighted by atomic mass is 10.2. The predicted octanol–water partition coefficient (Wildman–Crippen LogP) is 1.54. The number of nitrogens with zero attached hydrogens (tertiary/aromatic N) is 4. The molecular weight excluding hydrogens is 266 g/mol. The molecule has 0 aliphatic rings. The van der Waals surface area contributed by atoms with Crippen molar-refractivity contribution < 1.29 is 4.79 Å². The molecule has 3 aromatic rings. The highest BCUT2D eigenvalue weighted by molar-refractivity contribution is 5.90. The maximum atomic E-state index is 11.9. The lowest BCUT2D eigenvalue weighted by Crippen LogP contribution is -2.25. The van der Waals surface area contributed by atoms with Crippen LogP contribution >= 0.6 is 0 Å². The summed E-state index contributed by atoms with van der Waals surface area (Å²) in [7, 11) is 1.79. The number of aromatic nitrogens is 4. The maximum absolute atomic E-state index is 11.9. The lowest BCUT2D eigenvalue weighted by molar-refractivity contribution is 0.0937. The van der Waals surface area contributed by atoms with E-state index in [-0.39, 0.29) is 5.91 Å². The number of amides is 1. The molecule has 6 nitrogen and oxygen atoms in total. The van der Waals surface area contributed by atoms with Crippen molar-refractivity contribution in [2.24, 2.45) is 7.05 Å². The van der Waals surface area contributed by atoms with E-state index in [4.69, 9.17) is 0 Å². The minimum Gasteiger partial charge on any atom is -0.345 e. The molecule has 0 bridgehead atoms. The number of hydrogen-bond acceptors (Lipinski definition) is 3. The number of hydrogen-bond donors (Lipinski definition) is 1. The zero-order valence-corrected chi connectivity index (χ0v) is 11.6. The van der Waals surface area contributed by atoms with Crippen molar-refractivity contribution in [1.82, 2.24) is 24.6 Å². The number of carbonyl (C=O) groups excluding carboxylic acids is 1. The van der Waals surface area contributed by atoms with E-state index in [0.717, 1.165) is 11.3 Å². The topological polar surface area (TPSA) is 64.7 Å². The molecule has 1 aromatic carbocycles. The highest BCUT2D eigenvalue weighted by Gasteiger charge is 2.09. The van der Waals surface area contributed by atoms with E-state index >= 15 is 0 Å². The lowest BCUT2D eigenvalue weighted by Gasteiger charge is -2.06. The summed E-state index contributed by atoms with van der Waals surface area (Å²) in [6, 6.07) is 9.75. The van der Waals surface area contributed by atoms with Gasteiger partial charge in [-0.15, -0.1) is 0 Å². The van der Waals surface area contributed by atoms with E-state index in [2.05, 4.69) is 15.4 Å². The Morgan fingerprint density at radius 3 is 2.62 bits per heavy atom. The van der Waals surface area contributed by atoms with Gasteiger partial charge in [0.05, 0.1) is 5.69 Å². The third-order valence-corrected chi connectivity index (χ3v) is 3.18. The molecule has 0 atom stereocenters. The van der Waals surface area contributed by atoms with Crippen molar-refractivity contribution in [1.29, 1.82) is 0 Å². The van der Waals surface area contributed by atoms with E-state index in [1.165, 1.54) is 0 Å². The molecular formula is C15H15N5O. The summed E-state index contributed by atoms with van der Waals surface area (Å²) >= 11 is 0. The fraction of sp³-hybridized carbons (Fsp3) is 0.133. The molecule has 0 aliphatic carbocycles. The highest BCUT2D eigenvalue weighted by atomic mass is 16.2. The van der Waals surface area contributed by atoms with Crippen molar-refractivity contribution >= 4 is 5.91 Å². The number of nitrogens with one attached hydrogen (secondary N) is 1. The highest BCUT2D eigenvalue weighted by Crippen LogP contribution is 2.08. The first-order chi connectivity index (χ1) is 10.2. The SMILES string of the molecule is Cn1ccnc1C(=O)NCc1ccc(-n2cccn2)cc1. The second kappa shape index (κ2) is 5.62. The van der Waals surface area contributed by atoms with Crippen LogP contribution in [0, 0.1) is 0 Å². The summed E-state index contributed by atoms with van der Waals surface area (Å²) in [5.41, 5.74) is 2.01. The molecule has 1 amide bonds. The second-order valence-electron chi connectivity index (χ2n) is 4.66. The van der Waals surface area contributed by atoms with Crippen molar-refractivity contribution in [2.75, 3.05) is 0 Å². The van der Waals surface area contributed by atoms with Gasteiger partial charge < -0.3 is 9.88 Å². The standard InChI is InChI=1S/C15H15N5O/c1-19-10-8-16-14(19)15(21)17-11-12-3-5-13(6-4-12)20-9-2-7-18-20/h2-10H,11H2,1H3,(H,17,21). The first-order valence-electron chi connectivity index (χ1n) is 6.58. The van der Waals surface area contributed by atoms with Gasteiger partial charge in [0.15, 0.2) is 5.82 Å². The Kier molecular flexibility index (Phi) is 3.51. The molecule has 0 saturated carbocycles. The summed E-state index contributed by atoms with van der Waals surface area (Å²) in [5, 5.41) is 7.02. The first-order valence-corrected chi connectivity index (χ1v) is 6.58. The van der Waals surface area contributed by atoms with Crippen LogP contribution in [0.25, 0.3) is 5.69 Å². The van der Waals surface area contributed by atoms with Crippen LogP contribution < -0.4 is 5.32 Å². The van der Waals surface area contributed by atoms with Gasteiger partial charge in [-0.25, -0.2) is 9.67 Å². The Hall–Kier alpha value is -2.89. The van der Waals surface area contributed by atoms with Crippen LogP contribution in [-0.4, -0.2) is 25.2 Å². The van der Waals surface area contributed by atoms with Gasteiger partial charge in [-0.2, -0.15) is 5.10 Å². The van der Waals surface area contributed by atoms with Crippen LogP contribution in [-0.2, 0) is 13.6 Å². The smallest absolute Gasteiger partial charge is 0.287 e. The Morgan fingerprint density at radius 2 is 2.00 bits per heavy atom. The Balaban J connectivity index is 1.64. The van der Waals surface area contributed by atoms with Gasteiger partial charge >= 0.3 is 0 Å². The molecule has 0 unspecified atom stereocenters. The van der Waals surface area contributed by atoms with Crippen LogP contribution in [0.2, 0.25) is 0 Å². The van der Waals surface area contributed by atoms with Gasteiger partial charge in [0.1, 0.15) is 0 Å². The molecule has 1 N–H and O–H groups in total. The maximum Gasteiger partial charge on any atom is 0.287 e. The van der Waals surface area contributed by atoms with E-state index in [0.29, 0.717) is 12.4 Å². The number of aryl methyl sites for hydroxylation is 1. The van der Waals surface area contributed by atoms with Crippen molar-refractivity contribution in [3.05, 3.63) is 66.5 Å². The fourth-order valence-electron chi connectivity index (χ4n) is 2.03. The number of imidazole rings is 1. The summed E-state index contributed by atoms with van der Waals surface area (Å²) < 4.78 is 3.48. The van der Waals surface area contributed by atoms with E-state index < -0.39 is 0 Å². The molecule has 2 heterocycles. The van der Waals surface area contributed by atoms with Gasteiger partial charge in [0.2, 0.25) is 0 Å². The Bertz CT molecular complexity index is 728. The molecule has 3 rings (SSSR count). The monoisotopic (exact) mass is 281 g/mol. The van der Waals surface area contributed by atoms with Gasteiger partial charge in [0, 0.05) is 38.4 Å². The number of carbonyl (C=O) groups is 1. The van der Waals surface area contributed by atoms with Crippen LogP contribution in [0.15, 0.2) is 55.1 Å². The van der Waals surface area contributed by atoms with Crippen molar-refractivity contribution in [3.8, 4) is 5.69 Å². The van der Waals surface area contributed by atoms with Gasteiger partial charge in [0.25, 0.3) is 5.91 Å². The quantitative estimate of drug-likeness (QED) is 0.789. The largest absolute Gasteiger partial charge is 0.345 e. The summed E-state index contributed by atoms with van der Waals surface area (Å²) in [5.74, 6) is 0.224. The van der Waals surface area contributed by atoms with Crippen molar-refractivity contribution in [2.45, 2.75) is 6.54 Å². The molecule has 2 aromatic heterocycles. The number of rotatable bonds is 4. The van der Waals surface area contributed by atoms with Crippen LogP contribution in [0.1, 0.15) is 16.2 Å². The second-order valence-corrected chi connectivity index (χ2v) is 4.66. The fourth-order valence-corrected chi connectivity index (χ4v) is 2.03. The minimum atomic E-state index is -0.182. The molecule has 6 heteroatoms. The predicted molar refractivity (Wildman–Crippen MR) is 77.9 cm³/mol. The Labute approximate surface area is 122 Å². The molecule has 0 spiro atoms. The van der Waals surface area contributed by atoms with E-state index in [9.17, 15) is 4.79 Å². The van der Waals surface area contributed by atoms with E-state index in [1.54, 1.807) is 34.9 Å². The van der Waals surface area contributed by atoms with Crippen LogP contribution in [0.4, 0.5) is 0 Å². The summed E-state index contributed by atoms with van der Waals surface area (Å²) in [4.78, 5) is 16.0. The normalized spacial score (nSPS) is 10.5. The Morgan fingerprint density at radius 1 is 1.19 bits per heavy atom. The summed E-state index contributed by atoms with van der Waals surface area (Å²) in [6.45, 7) is 0.463. The average Bonchev–Trinajstić information content (AvgIpc) is 3.16. The van der Waals surface area contributed by atoms with Gasteiger partial charge in [-0.05, 0) is 23.8 Å². The molecule has 0 radical (unpaired) electrons. The van der Waals surface area contributed by atoms with Gasteiger partial charge in [-0.3, -0.25) is 4.79 Å². The zero-order chi connectivity index (χ0) is 14.7.